The van der Waals surface area contributed by atoms with Gasteiger partial charge >= 0.3 is 5.97 Å². The molecule has 6 nitrogen and oxygen atoms in total. The quantitative estimate of drug-likeness (QED) is 0.875. The number of benzene rings is 1. The van der Waals surface area contributed by atoms with Gasteiger partial charge in [0.15, 0.2) is 5.82 Å². The molecule has 1 fully saturated rings. The van der Waals surface area contributed by atoms with Crippen LogP contribution in [0.1, 0.15) is 30.1 Å². The van der Waals surface area contributed by atoms with Crippen LogP contribution in [-0.4, -0.2) is 40.7 Å². The Kier molecular flexibility index (Phi) is 4.41. The predicted molar refractivity (Wildman–Crippen MR) is 86.5 cm³/mol. The molecular weight excluding hydrogens is 294 g/mol. The lowest BCUT2D eigenvalue weighted by Crippen LogP contribution is -2.23. The van der Waals surface area contributed by atoms with Gasteiger partial charge in [0.2, 0.25) is 0 Å². The number of carbonyl (C=O) groups excluding carboxylic acids is 1. The van der Waals surface area contributed by atoms with Crippen LogP contribution in [0.3, 0.4) is 0 Å². The van der Waals surface area contributed by atoms with E-state index in [1.807, 2.05) is 6.07 Å². The number of aromatic nitrogens is 2. The number of ether oxygens (including phenoxy) is 1. The van der Waals surface area contributed by atoms with Gasteiger partial charge in [-0.1, -0.05) is 12.1 Å². The molecule has 1 aromatic carbocycles. The first-order valence-electron chi connectivity index (χ1n) is 7.77. The van der Waals surface area contributed by atoms with Crippen molar-refractivity contribution in [2.24, 2.45) is 0 Å². The minimum atomic E-state index is -0.406. The second-order valence-corrected chi connectivity index (χ2v) is 5.40. The van der Waals surface area contributed by atoms with E-state index < -0.39 is 5.97 Å². The largest absolute Gasteiger partial charge is 0.508 e. The predicted octanol–water partition coefficient (Wildman–Crippen LogP) is 2.63. The van der Waals surface area contributed by atoms with Crippen LogP contribution in [0.4, 0.5) is 5.82 Å². The van der Waals surface area contributed by atoms with Crippen molar-refractivity contribution in [3.63, 3.8) is 0 Å². The van der Waals surface area contributed by atoms with Crippen molar-refractivity contribution in [2.45, 2.75) is 19.8 Å². The summed E-state index contributed by atoms with van der Waals surface area (Å²) in [5.74, 6) is 0.838. The van der Waals surface area contributed by atoms with Crippen molar-refractivity contribution in [2.75, 3.05) is 24.6 Å². The molecule has 1 N–H and O–H groups in total. The van der Waals surface area contributed by atoms with E-state index in [9.17, 15) is 9.90 Å². The summed E-state index contributed by atoms with van der Waals surface area (Å²) in [6.45, 7) is 3.81. The Morgan fingerprint density at radius 3 is 2.83 bits per heavy atom. The summed E-state index contributed by atoms with van der Waals surface area (Å²) in [7, 11) is 0. The second kappa shape index (κ2) is 6.64. The van der Waals surface area contributed by atoms with E-state index >= 15 is 0 Å². The molecule has 1 aliphatic heterocycles. The number of anilines is 1. The smallest absolute Gasteiger partial charge is 0.343 e. The van der Waals surface area contributed by atoms with Crippen molar-refractivity contribution < 1.29 is 14.6 Å². The Balaban J connectivity index is 2.03. The molecule has 6 heteroatoms. The van der Waals surface area contributed by atoms with Crippen molar-refractivity contribution in [1.82, 2.24) is 9.97 Å². The topological polar surface area (TPSA) is 75.5 Å². The number of rotatable bonds is 4. The standard InChI is InChI=1S/C17H19N3O3/c1-2-23-17(22)14-11-18-15(12-6-5-7-13(21)10-12)19-16(14)20-8-3-4-9-20/h5-7,10-11,21H,2-4,8-9H2,1H3. The number of aromatic hydroxyl groups is 1. The minimum Gasteiger partial charge on any atom is -0.508 e. The number of phenols is 1. The van der Waals surface area contributed by atoms with Crippen LogP contribution in [0.5, 0.6) is 5.75 Å². The van der Waals surface area contributed by atoms with Crippen LogP contribution in [0.2, 0.25) is 0 Å². The number of esters is 1. The number of hydrogen-bond donors (Lipinski definition) is 1. The van der Waals surface area contributed by atoms with Crippen LogP contribution >= 0.6 is 0 Å². The van der Waals surface area contributed by atoms with Crippen molar-refractivity contribution in [1.29, 1.82) is 0 Å². The monoisotopic (exact) mass is 313 g/mol. The van der Waals surface area contributed by atoms with E-state index in [0.717, 1.165) is 25.9 Å². The van der Waals surface area contributed by atoms with Gasteiger partial charge in [-0.3, -0.25) is 0 Å². The van der Waals surface area contributed by atoms with Crippen LogP contribution in [0.25, 0.3) is 11.4 Å². The lowest BCUT2D eigenvalue weighted by molar-refractivity contribution is 0.0526. The summed E-state index contributed by atoms with van der Waals surface area (Å²) < 4.78 is 5.11. The number of nitrogens with zero attached hydrogens (tertiary/aromatic N) is 3. The van der Waals surface area contributed by atoms with E-state index in [1.54, 1.807) is 25.1 Å². The number of carbonyl (C=O) groups is 1. The third-order valence-electron chi connectivity index (χ3n) is 3.77. The van der Waals surface area contributed by atoms with Crippen molar-refractivity contribution >= 4 is 11.8 Å². The molecule has 0 amide bonds. The maximum absolute atomic E-state index is 12.2. The highest BCUT2D eigenvalue weighted by Gasteiger charge is 2.23. The van der Waals surface area contributed by atoms with Gasteiger partial charge in [0.1, 0.15) is 17.1 Å². The van der Waals surface area contributed by atoms with Crippen molar-refractivity contribution in [3.8, 4) is 17.1 Å². The van der Waals surface area contributed by atoms with Gasteiger partial charge < -0.3 is 14.7 Å². The Morgan fingerprint density at radius 1 is 1.35 bits per heavy atom. The summed E-state index contributed by atoms with van der Waals surface area (Å²) in [4.78, 5) is 23.1. The summed E-state index contributed by atoms with van der Waals surface area (Å²) in [6, 6.07) is 6.76. The van der Waals surface area contributed by atoms with E-state index in [-0.39, 0.29) is 5.75 Å². The summed E-state index contributed by atoms with van der Waals surface area (Å²) in [6.07, 6.45) is 3.67. The van der Waals surface area contributed by atoms with E-state index in [2.05, 4.69) is 14.9 Å². The molecule has 2 heterocycles. The molecule has 1 aliphatic rings. The van der Waals surface area contributed by atoms with Gasteiger partial charge in [-0.2, -0.15) is 0 Å². The number of phenolic OH excluding ortho intramolecular Hbond substituents is 1. The molecule has 0 bridgehead atoms. The van der Waals surface area contributed by atoms with E-state index in [4.69, 9.17) is 4.74 Å². The SMILES string of the molecule is CCOC(=O)c1cnc(-c2cccc(O)c2)nc1N1CCCC1. The lowest BCUT2D eigenvalue weighted by atomic mass is 10.2. The molecule has 3 rings (SSSR count). The van der Waals surface area contributed by atoms with Crippen molar-refractivity contribution in [3.05, 3.63) is 36.0 Å². The Labute approximate surface area is 134 Å². The zero-order chi connectivity index (χ0) is 16.2. The molecule has 0 saturated carbocycles. The third-order valence-corrected chi connectivity index (χ3v) is 3.77. The Hall–Kier alpha value is -2.63. The highest BCUT2D eigenvalue weighted by atomic mass is 16.5. The third kappa shape index (κ3) is 3.26. The van der Waals surface area contributed by atoms with Crippen LogP contribution in [0.15, 0.2) is 30.5 Å². The highest BCUT2D eigenvalue weighted by molar-refractivity contribution is 5.94. The first-order chi connectivity index (χ1) is 11.2. The first-order valence-corrected chi connectivity index (χ1v) is 7.77. The van der Waals surface area contributed by atoms with Gasteiger partial charge in [-0.05, 0) is 31.9 Å². The molecule has 23 heavy (non-hydrogen) atoms. The molecular formula is C17H19N3O3. The zero-order valence-corrected chi connectivity index (χ0v) is 13.0. The minimum absolute atomic E-state index is 0.156. The summed E-state index contributed by atoms with van der Waals surface area (Å²) in [5.41, 5.74) is 1.10. The highest BCUT2D eigenvalue weighted by Crippen LogP contribution is 2.27. The molecule has 0 radical (unpaired) electrons. The molecule has 1 saturated heterocycles. The fourth-order valence-electron chi connectivity index (χ4n) is 2.68. The van der Waals surface area contributed by atoms with E-state index in [1.165, 1.54) is 6.20 Å². The number of hydrogen-bond acceptors (Lipinski definition) is 6. The fourth-order valence-corrected chi connectivity index (χ4v) is 2.68. The van der Waals surface area contributed by atoms with Gasteiger partial charge in [0.05, 0.1) is 6.61 Å². The second-order valence-electron chi connectivity index (χ2n) is 5.40. The van der Waals surface area contributed by atoms with Crippen LogP contribution < -0.4 is 4.90 Å². The average molecular weight is 313 g/mol. The maximum atomic E-state index is 12.2. The molecule has 1 aromatic heterocycles. The fraction of sp³-hybridized carbons (Fsp3) is 0.353. The molecule has 0 unspecified atom stereocenters. The van der Waals surface area contributed by atoms with Gasteiger partial charge in [-0.25, -0.2) is 14.8 Å². The maximum Gasteiger partial charge on any atom is 0.343 e. The molecule has 0 atom stereocenters. The Bertz CT molecular complexity index is 712. The first kappa shape index (κ1) is 15.3. The van der Waals surface area contributed by atoms with Crippen LogP contribution in [-0.2, 0) is 4.74 Å². The van der Waals surface area contributed by atoms with Crippen LogP contribution in [0, 0.1) is 0 Å². The lowest BCUT2D eigenvalue weighted by Gasteiger charge is -2.19. The van der Waals surface area contributed by atoms with Gasteiger partial charge in [0.25, 0.3) is 0 Å². The summed E-state index contributed by atoms with van der Waals surface area (Å²) >= 11 is 0. The molecule has 120 valence electrons. The Morgan fingerprint density at radius 2 is 2.13 bits per heavy atom. The average Bonchev–Trinajstić information content (AvgIpc) is 3.09. The molecule has 0 aliphatic carbocycles. The molecule has 0 spiro atoms. The van der Waals surface area contributed by atoms with Gasteiger partial charge in [0, 0.05) is 24.8 Å². The zero-order valence-electron chi connectivity index (χ0n) is 13.0. The van der Waals surface area contributed by atoms with Gasteiger partial charge in [-0.15, -0.1) is 0 Å². The normalized spacial score (nSPS) is 14.0. The summed E-state index contributed by atoms with van der Waals surface area (Å²) in [5, 5.41) is 9.63. The molecule has 2 aromatic rings. The van der Waals surface area contributed by atoms with E-state index in [0.29, 0.717) is 29.4 Å².